The van der Waals surface area contributed by atoms with Gasteiger partial charge in [0.15, 0.2) is 0 Å². The van der Waals surface area contributed by atoms with Gasteiger partial charge in [-0.05, 0) is 54.6 Å². The molecule has 1 N–H and O–H groups in total. The number of hydrogen-bond donors (Lipinski definition) is 1. The molecule has 0 saturated heterocycles. The smallest absolute Gasteiger partial charge is 0.263 e. The van der Waals surface area contributed by atoms with Crippen LogP contribution in [-0.4, -0.2) is 20.6 Å². The molecule has 2 aromatic heterocycles. The molecule has 0 radical (unpaired) electrons. The zero-order valence-corrected chi connectivity index (χ0v) is 16.7. The van der Waals surface area contributed by atoms with Gasteiger partial charge in [-0.1, -0.05) is 22.8 Å². The summed E-state index contributed by atoms with van der Waals surface area (Å²) in [5, 5.41) is 16.1. The summed E-state index contributed by atoms with van der Waals surface area (Å²) in [5.74, 6) is -0.0512. The molecule has 0 bridgehead atoms. The van der Waals surface area contributed by atoms with Gasteiger partial charge < -0.3 is 14.4 Å². The van der Waals surface area contributed by atoms with E-state index in [9.17, 15) is 9.59 Å². The fourth-order valence-corrected chi connectivity index (χ4v) is 3.02. The van der Waals surface area contributed by atoms with Gasteiger partial charge in [0.05, 0.1) is 11.6 Å². The maximum Gasteiger partial charge on any atom is 0.263 e. The van der Waals surface area contributed by atoms with Crippen LogP contribution in [0, 0.1) is 11.3 Å². The van der Waals surface area contributed by atoms with Crippen molar-refractivity contribution < 1.29 is 9.32 Å². The molecule has 4 aromatic rings. The van der Waals surface area contributed by atoms with Crippen molar-refractivity contribution >= 4 is 23.2 Å². The summed E-state index contributed by atoms with van der Waals surface area (Å²) < 4.78 is 6.50. The van der Waals surface area contributed by atoms with Crippen LogP contribution in [0.25, 0.3) is 22.8 Å². The fraction of sp³-hybridized carbons (Fsp3) is 0.0455. The molecule has 152 valence electrons. The molecular weight excluding hydrogens is 418 g/mol. The van der Waals surface area contributed by atoms with Gasteiger partial charge in [-0.15, -0.1) is 0 Å². The van der Waals surface area contributed by atoms with E-state index in [1.807, 2.05) is 6.07 Å². The van der Waals surface area contributed by atoms with Crippen molar-refractivity contribution in [1.29, 1.82) is 5.26 Å². The second kappa shape index (κ2) is 8.65. The van der Waals surface area contributed by atoms with Gasteiger partial charge in [0.1, 0.15) is 12.1 Å². The van der Waals surface area contributed by atoms with Crippen LogP contribution >= 0.6 is 11.6 Å². The Kier molecular flexibility index (Phi) is 5.60. The first kappa shape index (κ1) is 20.1. The third kappa shape index (κ3) is 4.52. The summed E-state index contributed by atoms with van der Waals surface area (Å²) >= 11 is 5.89. The minimum atomic E-state index is -0.449. The Balaban J connectivity index is 1.55. The average molecular weight is 432 g/mol. The van der Waals surface area contributed by atoms with Crippen LogP contribution in [0.2, 0.25) is 5.02 Å². The Morgan fingerprint density at radius 1 is 1.16 bits per heavy atom. The number of hydrogen-bond acceptors (Lipinski definition) is 6. The van der Waals surface area contributed by atoms with Crippen molar-refractivity contribution in [3.8, 4) is 28.9 Å². The van der Waals surface area contributed by atoms with Crippen molar-refractivity contribution in [3.05, 3.63) is 87.8 Å². The maximum atomic E-state index is 12.8. The Morgan fingerprint density at radius 3 is 2.74 bits per heavy atom. The van der Waals surface area contributed by atoms with Gasteiger partial charge in [-0.3, -0.25) is 9.59 Å². The summed E-state index contributed by atoms with van der Waals surface area (Å²) in [4.78, 5) is 29.5. The van der Waals surface area contributed by atoms with Crippen LogP contribution in [0.15, 0.2) is 76.2 Å². The van der Waals surface area contributed by atoms with Gasteiger partial charge in [-0.25, -0.2) is 0 Å². The molecule has 0 atom stereocenters. The van der Waals surface area contributed by atoms with Gasteiger partial charge in [-0.2, -0.15) is 10.2 Å². The zero-order valence-electron chi connectivity index (χ0n) is 15.9. The Morgan fingerprint density at radius 2 is 1.97 bits per heavy atom. The molecule has 0 spiro atoms. The summed E-state index contributed by atoms with van der Waals surface area (Å²) in [6.07, 6.45) is 1.49. The van der Waals surface area contributed by atoms with Crippen molar-refractivity contribution in [2.75, 3.05) is 5.32 Å². The molecular formula is C22H14ClN5O3. The van der Waals surface area contributed by atoms with E-state index in [1.54, 1.807) is 60.7 Å². The first-order valence-electron chi connectivity index (χ1n) is 9.13. The molecule has 31 heavy (non-hydrogen) atoms. The highest BCUT2D eigenvalue weighted by Crippen LogP contribution is 2.21. The summed E-state index contributed by atoms with van der Waals surface area (Å²) in [7, 11) is 0. The number of anilines is 1. The standard InChI is InChI=1S/C22H14ClN5O3/c23-16-8-6-15(7-9-16)20-26-21(31-27-20)18-5-2-10-28(22(18)30)13-19(29)25-17-4-1-3-14(11-17)12-24/h1-11H,13H2,(H,25,29). The fourth-order valence-electron chi connectivity index (χ4n) is 2.89. The monoisotopic (exact) mass is 431 g/mol. The lowest BCUT2D eigenvalue weighted by Gasteiger charge is -2.08. The largest absolute Gasteiger partial charge is 0.333 e. The number of aromatic nitrogens is 3. The number of nitriles is 1. The minimum absolute atomic E-state index is 0.0476. The van der Waals surface area contributed by atoms with Crippen LogP contribution < -0.4 is 10.9 Å². The Bertz CT molecular complexity index is 1350. The van der Waals surface area contributed by atoms with Crippen LogP contribution in [-0.2, 0) is 11.3 Å². The number of nitrogens with zero attached hydrogens (tertiary/aromatic N) is 4. The topological polar surface area (TPSA) is 114 Å². The molecule has 2 aromatic carbocycles. The normalized spacial score (nSPS) is 10.5. The van der Waals surface area contributed by atoms with E-state index in [-0.39, 0.29) is 18.0 Å². The van der Waals surface area contributed by atoms with E-state index in [0.717, 1.165) is 0 Å². The van der Waals surface area contributed by atoms with Gasteiger partial charge >= 0.3 is 0 Å². The third-order valence-electron chi connectivity index (χ3n) is 4.37. The predicted molar refractivity (Wildman–Crippen MR) is 114 cm³/mol. The zero-order chi connectivity index (χ0) is 21.8. The first-order chi connectivity index (χ1) is 15.0. The molecule has 1 amide bonds. The Labute approximate surface area is 181 Å². The second-order valence-corrected chi connectivity index (χ2v) is 6.96. The Hall–Kier alpha value is -4.22. The van der Waals surface area contributed by atoms with Crippen LogP contribution in [0.5, 0.6) is 0 Å². The molecule has 0 aliphatic carbocycles. The summed E-state index contributed by atoms with van der Waals surface area (Å²) in [6, 6.07) is 18.6. The van der Waals surface area contributed by atoms with Crippen molar-refractivity contribution in [3.63, 3.8) is 0 Å². The molecule has 0 saturated carbocycles. The molecule has 0 fully saturated rings. The van der Waals surface area contributed by atoms with E-state index in [4.69, 9.17) is 21.4 Å². The molecule has 0 unspecified atom stereocenters. The molecule has 9 heteroatoms. The third-order valence-corrected chi connectivity index (χ3v) is 4.62. The van der Waals surface area contributed by atoms with Crippen LogP contribution in [0.4, 0.5) is 5.69 Å². The quantitative estimate of drug-likeness (QED) is 0.515. The number of carbonyl (C=O) groups is 1. The second-order valence-electron chi connectivity index (χ2n) is 6.53. The lowest BCUT2D eigenvalue weighted by molar-refractivity contribution is -0.116. The average Bonchev–Trinajstić information content (AvgIpc) is 3.26. The minimum Gasteiger partial charge on any atom is -0.333 e. The van der Waals surface area contributed by atoms with Crippen LogP contribution in [0.3, 0.4) is 0 Å². The molecule has 4 rings (SSSR count). The number of pyridine rings is 1. The molecule has 0 aliphatic heterocycles. The van der Waals surface area contributed by atoms with Crippen molar-refractivity contribution in [2.24, 2.45) is 0 Å². The molecule has 0 aliphatic rings. The highest BCUT2D eigenvalue weighted by molar-refractivity contribution is 6.30. The van der Waals surface area contributed by atoms with Crippen molar-refractivity contribution in [1.82, 2.24) is 14.7 Å². The lowest BCUT2D eigenvalue weighted by Crippen LogP contribution is -2.28. The summed E-state index contributed by atoms with van der Waals surface area (Å²) in [5.41, 5.74) is 1.31. The highest BCUT2D eigenvalue weighted by atomic mass is 35.5. The number of benzene rings is 2. The van der Waals surface area contributed by atoms with E-state index >= 15 is 0 Å². The number of nitrogens with one attached hydrogen (secondary N) is 1. The molecule has 8 nitrogen and oxygen atoms in total. The van der Waals surface area contributed by atoms with Crippen molar-refractivity contribution in [2.45, 2.75) is 6.54 Å². The number of halogens is 1. The summed E-state index contributed by atoms with van der Waals surface area (Å²) in [6.45, 7) is -0.221. The van der Waals surface area contributed by atoms with E-state index in [0.29, 0.717) is 27.7 Å². The molecule has 2 heterocycles. The highest BCUT2D eigenvalue weighted by Gasteiger charge is 2.16. The van der Waals surface area contributed by atoms with Gasteiger partial charge in [0.2, 0.25) is 11.7 Å². The number of amides is 1. The lowest BCUT2D eigenvalue weighted by atomic mass is 10.2. The first-order valence-corrected chi connectivity index (χ1v) is 9.51. The predicted octanol–water partition coefficient (Wildman–Crippen LogP) is 3.73. The maximum absolute atomic E-state index is 12.8. The van der Waals surface area contributed by atoms with Gasteiger partial charge in [0, 0.05) is 22.5 Å². The van der Waals surface area contributed by atoms with Crippen LogP contribution in [0.1, 0.15) is 5.56 Å². The number of rotatable bonds is 5. The van der Waals surface area contributed by atoms with E-state index < -0.39 is 11.5 Å². The van der Waals surface area contributed by atoms with E-state index in [2.05, 4.69) is 15.5 Å². The van der Waals surface area contributed by atoms with Gasteiger partial charge in [0.25, 0.3) is 11.4 Å². The van der Waals surface area contributed by atoms with E-state index in [1.165, 1.54) is 10.8 Å². The number of carbonyl (C=O) groups excluding carboxylic acids is 1. The SMILES string of the molecule is N#Cc1cccc(NC(=O)Cn2cccc(-c3nc(-c4ccc(Cl)cc4)no3)c2=O)c1.